The van der Waals surface area contributed by atoms with Gasteiger partial charge in [0.05, 0.1) is 27.7 Å². The van der Waals surface area contributed by atoms with Crippen molar-refractivity contribution in [2.45, 2.75) is 111 Å². The molecule has 0 bridgehead atoms. The minimum atomic E-state index is -4.08. The lowest BCUT2D eigenvalue weighted by atomic mass is 9.98. The van der Waals surface area contributed by atoms with Crippen LogP contribution in [0, 0.1) is 5.41 Å². The molecule has 8 heteroatoms. The summed E-state index contributed by atoms with van der Waals surface area (Å²) in [5.41, 5.74) is -0.442. The lowest BCUT2D eigenvalue weighted by molar-refractivity contribution is -0.870. The zero-order valence-corrected chi connectivity index (χ0v) is 25.0. The van der Waals surface area contributed by atoms with E-state index in [1.165, 1.54) is 77.0 Å². The fourth-order valence-corrected chi connectivity index (χ4v) is 6.26. The molecule has 2 atom stereocenters. The van der Waals surface area contributed by atoms with E-state index in [0.717, 1.165) is 12.8 Å². The van der Waals surface area contributed by atoms with Crippen LogP contribution in [0.3, 0.4) is 0 Å². The second-order valence-electron chi connectivity index (χ2n) is 11.6. The van der Waals surface area contributed by atoms with Gasteiger partial charge in [-0.15, -0.1) is 0 Å². The third kappa shape index (κ3) is 24.1. The Morgan fingerprint density at radius 3 is 1.71 bits per heavy atom. The summed E-state index contributed by atoms with van der Waals surface area (Å²) in [6.07, 6.45) is 18.4. The van der Waals surface area contributed by atoms with Crippen molar-refractivity contribution in [3.05, 3.63) is 0 Å². The van der Waals surface area contributed by atoms with Crippen LogP contribution in [0.15, 0.2) is 0 Å². The van der Waals surface area contributed by atoms with E-state index in [2.05, 4.69) is 6.92 Å². The van der Waals surface area contributed by atoms with E-state index in [4.69, 9.17) is 9.05 Å². The first kappa shape index (κ1) is 34.4. The number of quaternary nitrogens is 1. The number of likely N-dealkylation sites (N-methyl/N-ethyl adjacent to an activating group) is 1. The van der Waals surface area contributed by atoms with Gasteiger partial charge in [0.2, 0.25) is 0 Å². The van der Waals surface area contributed by atoms with Crippen LogP contribution in [-0.4, -0.2) is 66.3 Å². The number of phosphoric acid groups is 1. The quantitative estimate of drug-likeness (QED) is 0.0629. The standard InChI is InChI=1S/C26H56NO5PS/c1-7-8-9-10-11-12-13-14-15-16-17-18-19-20-23-34(30)25-26(2,3)24-32-33(28,29)31-22-21-27(4,5)6/h7-25H2,1-6H3/p+1. The van der Waals surface area contributed by atoms with Crippen molar-refractivity contribution < 1.29 is 27.5 Å². The van der Waals surface area contributed by atoms with E-state index < -0.39 is 24.4 Å². The molecule has 6 nitrogen and oxygen atoms in total. The molecule has 206 valence electrons. The van der Waals surface area contributed by atoms with Gasteiger partial charge in [-0.3, -0.25) is 9.05 Å². The minimum absolute atomic E-state index is 0.0512. The van der Waals surface area contributed by atoms with E-state index in [1.54, 1.807) is 0 Å². The van der Waals surface area contributed by atoms with Crippen LogP contribution in [0.5, 0.6) is 0 Å². The molecule has 0 aliphatic rings. The second-order valence-corrected chi connectivity index (χ2v) is 14.7. The molecule has 0 spiro atoms. The Labute approximate surface area is 214 Å². The summed E-state index contributed by atoms with van der Waals surface area (Å²) < 4.78 is 35.4. The molecular weight excluding hydrogens is 469 g/mol. The summed E-state index contributed by atoms with van der Waals surface area (Å²) in [6, 6.07) is 0. The molecule has 0 aromatic heterocycles. The van der Waals surface area contributed by atoms with E-state index >= 15 is 0 Å². The third-order valence-electron chi connectivity index (χ3n) is 5.91. The first-order valence-corrected chi connectivity index (χ1v) is 16.6. The van der Waals surface area contributed by atoms with Crippen molar-refractivity contribution in [2.75, 3.05) is 52.4 Å². The lowest BCUT2D eigenvalue weighted by Gasteiger charge is -2.27. The molecule has 2 unspecified atom stereocenters. The van der Waals surface area contributed by atoms with Crippen LogP contribution in [-0.2, 0) is 24.8 Å². The molecule has 0 saturated carbocycles. The first-order chi connectivity index (χ1) is 15.9. The van der Waals surface area contributed by atoms with Gasteiger partial charge in [0.15, 0.2) is 0 Å². The Morgan fingerprint density at radius 2 is 1.26 bits per heavy atom. The van der Waals surface area contributed by atoms with Crippen LogP contribution >= 0.6 is 7.82 Å². The average molecular weight is 527 g/mol. The normalized spacial score (nSPS) is 15.4. The summed E-state index contributed by atoms with van der Waals surface area (Å²) in [4.78, 5) is 9.88. The molecule has 0 radical (unpaired) electrons. The van der Waals surface area contributed by atoms with Crippen LogP contribution in [0.4, 0.5) is 0 Å². The summed E-state index contributed by atoms with van der Waals surface area (Å²) >= 11 is -0.946. The van der Waals surface area contributed by atoms with Crippen LogP contribution in [0.2, 0.25) is 0 Å². The van der Waals surface area contributed by atoms with Gasteiger partial charge >= 0.3 is 7.82 Å². The highest BCUT2D eigenvalue weighted by molar-refractivity contribution is 7.91. The number of phosphoric ester groups is 1. The van der Waals surface area contributed by atoms with Crippen LogP contribution in [0.25, 0.3) is 0 Å². The zero-order valence-electron chi connectivity index (χ0n) is 23.3. The SMILES string of the molecule is CCCCCCCCCCCCCCCC[S+]([O-])CC(C)(C)COP(=O)(O)OCC[N+](C)(C)C. The topological polar surface area (TPSA) is 78.8 Å². The van der Waals surface area contributed by atoms with Gasteiger partial charge in [-0.05, 0) is 12.8 Å². The molecule has 1 N–H and O–H groups in total. The maximum Gasteiger partial charge on any atom is 0.472 e. The van der Waals surface area contributed by atoms with Gasteiger partial charge < -0.3 is 13.9 Å². The summed E-state index contributed by atoms with van der Waals surface area (Å²) in [5, 5.41) is 0. The van der Waals surface area contributed by atoms with Crippen LogP contribution < -0.4 is 0 Å². The maximum absolute atomic E-state index is 12.5. The maximum atomic E-state index is 12.5. The number of nitrogens with zero attached hydrogens (tertiary/aromatic N) is 1. The van der Waals surface area contributed by atoms with E-state index in [9.17, 15) is 14.0 Å². The highest BCUT2D eigenvalue weighted by atomic mass is 32.2. The molecule has 0 amide bonds. The Hall–Kier alpha value is 0.380. The number of hydrogen-bond acceptors (Lipinski definition) is 4. The highest BCUT2D eigenvalue weighted by Gasteiger charge is 2.31. The number of rotatable bonds is 24. The monoisotopic (exact) mass is 526 g/mol. The molecule has 0 aliphatic carbocycles. The van der Waals surface area contributed by atoms with Gasteiger partial charge in [0.1, 0.15) is 24.7 Å². The van der Waals surface area contributed by atoms with Gasteiger partial charge in [-0.1, -0.05) is 109 Å². The summed E-state index contributed by atoms with van der Waals surface area (Å²) in [5.74, 6) is 1.16. The van der Waals surface area contributed by atoms with Gasteiger partial charge in [0, 0.05) is 5.41 Å². The average Bonchev–Trinajstić information content (AvgIpc) is 2.71. The van der Waals surface area contributed by atoms with E-state index in [-0.39, 0.29) is 13.2 Å². The van der Waals surface area contributed by atoms with Crippen LogP contribution in [0.1, 0.15) is 111 Å². The molecule has 34 heavy (non-hydrogen) atoms. The second kappa shape index (κ2) is 19.5. The smallest absolute Gasteiger partial charge is 0.472 e. The Morgan fingerprint density at radius 1 is 0.824 bits per heavy atom. The number of hydrogen-bond donors (Lipinski definition) is 1. The highest BCUT2D eigenvalue weighted by Crippen LogP contribution is 2.44. The number of unbranched alkanes of at least 4 members (excludes halogenated alkanes) is 13. The molecule has 0 aromatic rings. The predicted octanol–water partition coefficient (Wildman–Crippen LogP) is 7.08. The van der Waals surface area contributed by atoms with Crippen molar-refractivity contribution >= 4 is 19.0 Å². The Kier molecular flexibility index (Phi) is 19.7. The van der Waals surface area contributed by atoms with E-state index in [0.29, 0.717) is 22.5 Å². The van der Waals surface area contributed by atoms with Crippen molar-refractivity contribution in [3.63, 3.8) is 0 Å². The third-order valence-corrected chi connectivity index (χ3v) is 8.72. The van der Waals surface area contributed by atoms with Crippen molar-refractivity contribution in [1.82, 2.24) is 0 Å². The largest absolute Gasteiger partial charge is 0.616 e. The molecular formula is C26H57NO5PS+. The Bertz CT molecular complexity index is 528. The predicted molar refractivity (Wildman–Crippen MR) is 147 cm³/mol. The molecule has 0 saturated heterocycles. The van der Waals surface area contributed by atoms with Crippen molar-refractivity contribution in [2.24, 2.45) is 5.41 Å². The van der Waals surface area contributed by atoms with E-state index in [1.807, 2.05) is 35.0 Å². The molecule has 0 heterocycles. The first-order valence-electron chi connectivity index (χ1n) is 13.6. The fraction of sp³-hybridized carbons (Fsp3) is 1.00. The van der Waals surface area contributed by atoms with Crippen molar-refractivity contribution in [3.8, 4) is 0 Å². The molecule has 0 rings (SSSR count). The minimum Gasteiger partial charge on any atom is -0.616 e. The molecule has 0 aliphatic heterocycles. The lowest BCUT2D eigenvalue weighted by Crippen LogP contribution is -2.37. The van der Waals surface area contributed by atoms with Crippen molar-refractivity contribution in [1.29, 1.82) is 0 Å². The van der Waals surface area contributed by atoms with Gasteiger partial charge in [-0.2, -0.15) is 0 Å². The zero-order chi connectivity index (χ0) is 25.9. The Balaban J connectivity index is 3.72. The summed E-state index contributed by atoms with van der Waals surface area (Å²) in [6.45, 7) is 6.92. The summed E-state index contributed by atoms with van der Waals surface area (Å²) in [7, 11) is 1.89. The molecule has 0 fully saturated rings. The fourth-order valence-electron chi connectivity index (χ4n) is 3.73. The molecule has 0 aromatic carbocycles. The van der Waals surface area contributed by atoms with Gasteiger partial charge in [0.25, 0.3) is 0 Å². The van der Waals surface area contributed by atoms with Gasteiger partial charge in [-0.25, -0.2) is 4.57 Å².